The van der Waals surface area contributed by atoms with Crippen molar-refractivity contribution in [2.24, 2.45) is 0 Å². The summed E-state index contributed by atoms with van der Waals surface area (Å²) < 4.78 is 33.2. The Morgan fingerprint density at radius 2 is 1.95 bits per heavy atom. The fourth-order valence-electron chi connectivity index (χ4n) is 2.04. The highest BCUT2D eigenvalue weighted by Crippen LogP contribution is 2.26. The van der Waals surface area contributed by atoms with E-state index in [0.717, 1.165) is 10.0 Å². The number of aryl methyl sites for hydroxylation is 2. The van der Waals surface area contributed by atoms with Crippen LogP contribution in [0.2, 0.25) is 0 Å². The minimum Gasteiger partial charge on any atom is -0.360 e. The molecule has 0 radical (unpaired) electrons. The van der Waals surface area contributed by atoms with Gasteiger partial charge in [0.05, 0.1) is 0 Å². The molecule has 1 N–H and O–H groups in total. The molecule has 1 aromatic carbocycles. The highest BCUT2D eigenvalue weighted by atomic mass is 79.9. The molecule has 0 aliphatic carbocycles. The van der Waals surface area contributed by atoms with Gasteiger partial charge in [-0.25, -0.2) is 13.1 Å². The maximum Gasteiger partial charge on any atom is 0.246 e. The molecule has 0 spiro atoms. The molecule has 2 aromatic rings. The van der Waals surface area contributed by atoms with Crippen LogP contribution in [0.5, 0.6) is 0 Å². The fourth-order valence-corrected chi connectivity index (χ4v) is 4.22. The monoisotopic (exact) mass is 358 g/mol. The molecule has 20 heavy (non-hydrogen) atoms. The fraction of sp³-hybridized carbons (Fsp3) is 0.308. The van der Waals surface area contributed by atoms with Gasteiger partial charge in [0.25, 0.3) is 0 Å². The topological polar surface area (TPSA) is 72.2 Å². The number of hydrogen-bond acceptors (Lipinski definition) is 4. The van der Waals surface area contributed by atoms with E-state index in [2.05, 4.69) is 25.8 Å². The Labute approximate surface area is 126 Å². The lowest BCUT2D eigenvalue weighted by Crippen LogP contribution is -2.27. The molecule has 7 heteroatoms. The second-order valence-electron chi connectivity index (χ2n) is 4.52. The van der Waals surface area contributed by atoms with Gasteiger partial charge in [-0.1, -0.05) is 39.3 Å². The second-order valence-corrected chi connectivity index (χ2v) is 7.02. The zero-order valence-electron chi connectivity index (χ0n) is 11.3. The standard InChI is InChI=1S/C13H15BrN2O3S/c1-8(11-6-4-5-7-12(11)14)16-20(17,18)13-9(2)15-19-10(13)3/h4-8,16H,1-3H3. The SMILES string of the molecule is Cc1noc(C)c1S(=O)(=O)NC(C)c1ccccc1Br. The Bertz CT molecular complexity index is 705. The van der Waals surface area contributed by atoms with E-state index in [4.69, 9.17) is 4.52 Å². The van der Waals surface area contributed by atoms with Gasteiger partial charge in [0.15, 0.2) is 5.76 Å². The van der Waals surface area contributed by atoms with Crippen molar-refractivity contribution in [1.29, 1.82) is 0 Å². The van der Waals surface area contributed by atoms with E-state index in [9.17, 15) is 8.42 Å². The maximum atomic E-state index is 12.4. The van der Waals surface area contributed by atoms with E-state index in [-0.39, 0.29) is 16.7 Å². The van der Waals surface area contributed by atoms with Gasteiger partial charge in [-0.2, -0.15) is 0 Å². The number of nitrogens with zero attached hydrogens (tertiary/aromatic N) is 1. The molecule has 0 amide bonds. The van der Waals surface area contributed by atoms with Crippen molar-refractivity contribution in [3.63, 3.8) is 0 Å². The van der Waals surface area contributed by atoms with Gasteiger partial charge in [-0.3, -0.25) is 0 Å². The average molecular weight is 359 g/mol. The molecule has 5 nitrogen and oxygen atoms in total. The third kappa shape index (κ3) is 2.94. The zero-order chi connectivity index (χ0) is 14.9. The Hall–Kier alpha value is -1.18. The second kappa shape index (κ2) is 5.67. The predicted octanol–water partition coefficient (Wildman–Crippen LogP) is 3.09. The van der Waals surface area contributed by atoms with Crippen LogP contribution in [0, 0.1) is 13.8 Å². The number of sulfonamides is 1. The summed E-state index contributed by atoms with van der Waals surface area (Å²) in [4.78, 5) is 0.108. The van der Waals surface area contributed by atoms with Crippen LogP contribution in [-0.2, 0) is 10.0 Å². The summed E-state index contributed by atoms with van der Waals surface area (Å²) in [5, 5.41) is 3.68. The molecule has 0 saturated heterocycles. The van der Waals surface area contributed by atoms with Gasteiger partial charge in [0, 0.05) is 10.5 Å². The first-order valence-electron chi connectivity index (χ1n) is 6.02. The van der Waals surface area contributed by atoms with Crippen LogP contribution in [0.4, 0.5) is 0 Å². The van der Waals surface area contributed by atoms with E-state index in [1.165, 1.54) is 0 Å². The molecule has 0 saturated carbocycles. The first-order valence-corrected chi connectivity index (χ1v) is 8.30. The van der Waals surface area contributed by atoms with Crippen molar-refractivity contribution in [1.82, 2.24) is 9.88 Å². The summed E-state index contributed by atoms with van der Waals surface area (Å²) in [6, 6.07) is 7.11. The van der Waals surface area contributed by atoms with Crippen molar-refractivity contribution in [2.45, 2.75) is 31.7 Å². The summed E-state index contributed by atoms with van der Waals surface area (Å²) in [7, 11) is -3.67. The van der Waals surface area contributed by atoms with Crippen molar-refractivity contribution in [3.05, 3.63) is 45.8 Å². The largest absolute Gasteiger partial charge is 0.360 e. The van der Waals surface area contributed by atoms with Gasteiger partial charge >= 0.3 is 0 Å². The maximum absolute atomic E-state index is 12.4. The van der Waals surface area contributed by atoms with E-state index in [0.29, 0.717) is 5.69 Å². The number of halogens is 1. The molecule has 1 atom stereocenters. The first-order chi connectivity index (χ1) is 9.33. The molecule has 0 aliphatic heterocycles. The van der Waals surface area contributed by atoms with E-state index in [1.54, 1.807) is 20.8 Å². The first kappa shape index (κ1) is 15.2. The van der Waals surface area contributed by atoms with Crippen LogP contribution >= 0.6 is 15.9 Å². The molecule has 0 fully saturated rings. The minimum absolute atomic E-state index is 0.108. The number of hydrogen-bond donors (Lipinski definition) is 1. The Kier molecular flexibility index (Phi) is 4.31. The Morgan fingerprint density at radius 3 is 2.50 bits per heavy atom. The van der Waals surface area contributed by atoms with Gasteiger partial charge in [0.1, 0.15) is 10.6 Å². The van der Waals surface area contributed by atoms with Crippen LogP contribution in [0.15, 0.2) is 38.2 Å². The highest BCUT2D eigenvalue weighted by molar-refractivity contribution is 9.10. The van der Waals surface area contributed by atoms with E-state index in [1.807, 2.05) is 24.3 Å². The predicted molar refractivity (Wildman–Crippen MR) is 78.9 cm³/mol. The molecule has 1 unspecified atom stereocenters. The van der Waals surface area contributed by atoms with Crippen molar-refractivity contribution >= 4 is 26.0 Å². The zero-order valence-corrected chi connectivity index (χ0v) is 13.7. The number of rotatable bonds is 4. The molecular weight excluding hydrogens is 344 g/mol. The summed E-state index contributed by atoms with van der Waals surface area (Å²) in [6.07, 6.45) is 0. The lowest BCUT2D eigenvalue weighted by molar-refractivity contribution is 0.390. The van der Waals surface area contributed by atoms with E-state index < -0.39 is 10.0 Å². The number of benzene rings is 1. The van der Waals surface area contributed by atoms with Crippen molar-refractivity contribution < 1.29 is 12.9 Å². The lowest BCUT2D eigenvalue weighted by Gasteiger charge is -2.15. The van der Waals surface area contributed by atoms with Crippen LogP contribution in [0.1, 0.15) is 30.0 Å². The third-order valence-corrected chi connectivity index (χ3v) is 5.45. The Morgan fingerprint density at radius 1 is 1.30 bits per heavy atom. The summed E-state index contributed by atoms with van der Waals surface area (Å²) in [5.74, 6) is 0.286. The van der Waals surface area contributed by atoms with Gasteiger partial charge < -0.3 is 4.52 Å². The Balaban J connectivity index is 2.32. The van der Waals surface area contributed by atoms with Crippen LogP contribution in [-0.4, -0.2) is 13.6 Å². The number of aromatic nitrogens is 1. The van der Waals surface area contributed by atoms with Crippen molar-refractivity contribution in [3.8, 4) is 0 Å². The molecule has 2 rings (SSSR count). The van der Waals surface area contributed by atoms with Gasteiger partial charge in [-0.15, -0.1) is 0 Å². The van der Waals surface area contributed by atoms with Gasteiger partial charge in [0.2, 0.25) is 10.0 Å². The van der Waals surface area contributed by atoms with Crippen LogP contribution < -0.4 is 4.72 Å². The molecule has 0 aliphatic rings. The van der Waals surface area contributed by atoms with Gasteiger partial charge in [-0.05, 0) is 32.4 Å². The van der Waals surface area contributed by atoms with Crippen LogP contribution in [0.25, 0.3) is 0 Å². The van der Waals surface area contributed by atoms with E-state index >= 15 is 0 Å². The highest BCUT2D eigenvalue weighted by Gasteiger charge is 2.26. The smallest absolute Gasteiger partial charge is 0.246 e. The average Bonchev–Trinajstić information content (AvgIpc) is 2.69. The molecule has 108 valence electrons. The van der Waals surface area contributed by atoms with Crippen molar-refractivity contribution in [2.75, 3.05) is 0 Å². The molecule has 0 bridgehead atoms. The quantitative estimate of drug-likeness (QED) is 0.911. The summed E-state index contributed by atoms with van der Waals surface area (Å²) in [5.41, 5.74) is 1.22. The lowest BCUT2D eigenvalue weighted by atomic mass is 10.1. The third-order valence-electron chi connectivity index (χ3n) is 2.94. The van der Waals surface area contributed by atoms with Crippen LogP contribution in [0.3, 0.4) is 0 Å². The molecule has 1 aromatic heterocycles. The summed E-state index contributed by atoms with van der Waals surface area (Å²) >= 11 is 3.42. The molecule has 1 heterocycles. The molecular formula is C13H15BrN2O3S. The summed E-state index contributed by atoms with van der Waals surface area (Å²) in [6.45, 7) is 4.97. The number of nitrogens with one attached hydrogen (secondary N) is 1. The minimum atomic E-state index is -3.67. The normalized spacial score (nSPS) is 13.4.